The predicted octanol–water partition coefficient (Wildman–Crippen LogP) is 2.59. The van der Waals surface area contributed by atoms with Crippen molar-refractivity contribution in [2.75, 3.05) is 13.1 Å². The van der Waals surface area contributed by atoms with E-state index in [1.807, 2.05) is 33.8 Å². The topological polar surface area (TPSA) is 30.5 Å². The maximum absolute atomic E-state index is 14.1. The van der Waals surface area contributed by atoms with Crippen LogP contribution in [-0.4, -0.2) is 31.4 Å². The number of hydrogen-bond acceptors (Lipinski definition) is 3. The molecule has 0 amide bonds. The SMILES string of the molecule is CC1(C)OB(c2cc(F)cc(C3CCCNC3)c2)OC1(C)C. The number of benzene rings is 1. The molecule has 0 spiro atoms. The van der Waals surface area contributed by atoms with Gasteiger partial charge in [0.25, 0.3) is 0 Å². The van der Waals surface area contributed by atoms with Crippen LogP contribution in [0.1, 0.15) is 52.0 Å². The van der Waals surface area contributed by atoms with E-state index in [9.17, 15) is 4.39 Å². The van der Waals surface area contributed by atoms with Crippen LogP contribution in [0.4, 0.5) is 4.39 Å². The van der Waals surface area contributed by atoms with E-state index in [1.54, 1.807) is 6.07 Å². The lowest BCUT2D eigenvalue weighted by Gasteiger charge is -2.32. The predicted molar refractivity (Wildman–Crippen MR) is 87.0 cm³/mol. The lowest BCUT2D eigenvalue weighted by molar-refractivity contribution is 0.00578. The van der Waals surface area contributed by atoms with E-state index in [-0.39, 0.29) is 5.82 Å². The van der Waals surface area contributed by atoms with Crippen LogP contribution in [0, 0.1) is 5.82 Å². The molecule has 2 heterocycles. The highest BCUT2D eigenvalue weighted by Crippen LogP contribution is 2.36. The van der Waals surface area contributed by atoms with Crippen molar-refractivity contribution in [3.05, 3.63) is 29.6 Å². The van der Waals surface area contributed by atoms with Crippen molar-refractivity contribution in [3.8, 4) is 0 Å². The van der Waals surface area contributed by atoms with Crippen LogP contribution in [0.3, 0.4) is 0 Å². The second-order valence-corrected chi connectivity index (χ2v) is 7.45. The third-order valence-electron chi connectivity index (χ3n) is 5.24. The van der Waals surface area contributed by atoms with Gasteiger partial charge in [0, 0.05) is 6.54 Å². The van der Waals surface area contributed by atoms with Crippen molar-refractivity contribution in [1.82, 2.24) is 5.32 Å². The van der Waals surface area contributed by atoms with Gasteiger partial charge in [0.1, 0.15) is 5.82 Å². The van der Waals surface area contributed by atoms with E-state index in [1.165, 1.54) is 6.07 Å². The molecule has 0 saturated carbocycles. The Kier molecular flexibility index (Phi) is 4.08. The van der Waals surface area contributed by atoms with E-state index < -0.39 is 18.3 Å². The van der Waals surface area contributed by atoms with Crippen molar-refractivity contribution >= 4 is 12.6 Å². The van der Waals surface area contributed by atoms with E-state index >= 15 is 0 Å². The van der Waals surface area contributed by atoms with Gasteiger partial charge in [-0.1, -0.05) is 6.07 Å². The van der Waals surface area contributed by atoms with Gasteiger partial charge in [0.05, 0.1) is 11.2 Å². The molecule has 1 atom stereocenters. The Morgan fingerprint density at radius 3 is 2.41 bits per heavy atom. The van der Waals surface area contributed by atoms with Crippen LogP contribution in [0.5, 0.6) is 0 Å². The molecule has 120 valence electrons. The summed E-state index contributed by atoms with van der Waals surface area (Å²) in [6, 6.07) is 5.22. The smallest absolute Gasteiger partial charge is 0.399 e. The van der Waals surface area contributed by atoms with Crippen molar-refractivity contribution < 1.29 is 13.7 Å². The fourth-order valence-corrected chi connectivity index (χ4v) is 3.12. The number of nitrogens with one attached hydrogen (secondary N) is 1. The summed E-state index contributed by atoms with van der Waals surface area (Å²) in [5.74, 6) is 0.151. The van der Waals surface area contributed by atoms with E-state index in [0.717, 1.165) is 37.0 Å². The van der Waals surface area contributed by atoms with Crippen LogP contribution in [0.2, 0.25) is 0 Å². The molecule has 1 aromatic carbocycles. The Hall–Kier alpha value is -0.905. The quantitative estimate of drug-likeness (QED) is 0.852. The first-order valence-corrected chi connectivity index (χ1v) is 8.15. The molecule has 0 aromatic heterocycles. The second-order valence-electron chi connectivity index (χ2n) is 7.45. The molecule has 1 aromatic rings. The fourth-order valence-electron chi connectivity index (χ4n) is 3.12. The first-order valence-electron chi connectivity index (χ1n) is 8.15. The van der Waals surface area contributed by atoms with Crippen molar-refractivity contribution in [2.45, 2.75) is 57.7 Å². The minimum absolute atomic E-state index is 0.215. The average molecular weight is 305 g/mol. The van der Waals surface area contributed by atoms with Crippen LogP contribution >= 0.6 is 0 Å². The van der Waals surface area contributed by atoms with Gasteiger partial charge in [0.15, 0.2) is 0 Å². The molecule has 2 fully saturated rings. The molecule has 2 aliphatic heterocycles. The highest BCUT2D eigenvalue weighted by Gasteiger charge is 2.51. The zero-order valence-electron chi connectivity index (χ0n) is 13.9. The molecule has 0 aliphatic carbocycles. The lowest BCUT2D eigenvalue weighted by atomic mass is 9.76. The van der Waals surface area contributed by atoms with Gasteiger partial charge in [-0.15, -0.1) is 0 Å². The van der Waals surface area contributed by atoms with Crippen molar-refractivity contribution in [3.63, 3.8) is 0 Å². The Balaban J connectivity index is 1.87. The maximum Gasteiger partial charge on any atom is 0.494 e. The Labute approximate surface area is 132 Å². The monoisotopic (exact) mass is 305 g/mol. The van der Waals surface area contributed by atoms with Crippen LogP contribution in [0.15, 0.2) is 18.2 Å². The normalized spacial score (nSPS) is 27.1. The summed E-state index contributed by atoms with van der Waals surface area (Å²) in [6.45, 7) is 10.0. The van der Waals surface area contributed by atoms with Crippen LogP contribution in [0.25, 0.3) is 0 Å². The van der Waals surface area contributed by atoms with Crippen molar-refractivity contribution in [2.24, 2.45) is 0 Å². The van der Waals surface area contributed by atoms with E-state index in [4.69, 9.17) is 9.31 Å². The van der Waals surface area contributed by atoms with E-state index in [0.29, 0.717) is 5.92 Å². The number of piperidine rings is 1. The fraction of sp³-hybridized carbons (Fsp3) is 0.647. The van der Waals surface area contributed by atoms with Crippen LogP contribution < -0.4 is 10.8 Å². The molecule has 2 aliphatic rings. The first kappa shape index (κ1) is 16.0. The highest BCUT2D eigenvalue weighted by molar-refractivity contribution is 6.62. The first-order chi connectivity index (χ1) is 10.3. The minimum Gasteiger partial charge on any atom is -0.399 e. The molecule has 3 nitrogen and oxygen atoms in total. The van der Waals surface area contributed by atoms with Gasteiger partial charge >= 0.3 is 7.12 Å². The number of hydrogen-bond donors (Lipinski definition) is 1. The molecular formula is C17H25BFNO2. The third kappa shape index (κ3) is 2.94. The van der Waals surface area contributed by atoms with Gasteiger partial charge in [-0.05, 0) is 76.2 Å². The maximum atomic E-state index is 14.1. The van der Waals surface area contributed by atoms with Gasteiger partial charge in [0.2, 0.25) is 0 Å². The van der Waals surface area contributed by atoms with Gasteiger partial charge in [-0.2, -0.15) is 0 Å². The summed E-state index contributed by atoms with van der Waals surface area (Å²) < 4.78 is 26.2. The largest absolute Gasteiger partial charge is 0.494 e. The van der Waals surface area contributed by atoms with E-state index in [2.05, 4.69) is 5.32 Å². The molecule has 1 unspecified atom stereocenters. The molecular weight excluding hydrogens is 280 g/mol. The third-order valence-corrected chi connectivity index (χ3v) is 5.24. The summed E-state index contributed by atoms with van der Waals surface area (Å²) in [5, 5.41) is 3.38. The summed E-state index contributed by atoms with van der Waals surface area (Å²) in [4.78, 5) is 0. The van der Waals surface area contributed by atoms with Gasteiger partial charge in [-0.25, -0.2) is 4.39 Å². The summed E-state index contributed by atoms with van der Waals surface area (Å²) in [5.41, 5.74) is 1.00. The van der Waals surface area contributed by atoms with Crippen LogP contribution in [-0.2, 0) is 9.31 Å². The number of rotatable bonds is 2. The summed E-state index contributed by atoms with van der Waals surface area (Å²) in [7, 11) is -0.504. The average Bonchev–Trinajstić information content (AvgIpc) is 2.68. The Morgan fingerprint density at radius 1 is 1.14 bits per heavy atom. The molecule has 3 rings (SSSR count). The number of halogens is 1. The highest BCUT2D eigenvalue weighted by atomic mass is 19.1. The zero-order valence-corrected chi connectivity index (χ0v) is 13.9. The molecule has 1 N–H and O–H groups in total. The minimum atomic E-state index is -0.504. The second kappa shape index (κ2) is 5.62. The summed E-state index contributed by atoms with van der Waals surface area (Å²) >= 11 is 0. The molecule has 2 saturated heterocycles. The lowest BCUT2D eigenvalue weighted by Crippen LogP contribution is -2.41. The Morgan fingerprint density at radius 2 is 1.82 bits per heavy atom. The molecule has 22 heavy (non-hydrogen) atoms. The molecule has 0 radical (unpaired) electrons. The molecule has 0 bridgehead atoms. The van der Waals surface area contributed by atoms with Gasteiger partial charge < -0.3 is 14.6 Å². The zero-order chi connectivity index (χ0) is 16.0. The molecule has 5 heteroatoms. The van der Waals surface area contributed by atoms with Crippen molar-refractivity contribution in [1.29, 1.82) is 0 Å². The summed E-state index contributed by atoms with van der Waals surface area (Å²) in [6.07, 6.45) is 2.23. The Bertz CT molecular complexity index is 540. The standard InChI is InChI=1S/C17H25BFNO2/c1-16(2)17(3,4)22-18(21-16)14-8-13(9-15(19)10-14)12-6-5-7-20-11-12/h8-10,12,20H,5-7,11H2,1-4H3. The van der Waals surface area contributed by atoms with Gasteiger partial charge in [-0.3, -0.25) is 0 Å².